The highest BCUT2D eigenvalue weighted by Gasteiger charge is 2.07. The van der Waals surface area contributed by atoms with Crippen LogP contribution in [-0.2, 0) is 11.3 Å². The van der Waals surface area contributed by atoms with Gasteiger partial charge >= 0.3 is 5.97 Å². The number of carbonyl (C=O) groups excluding carboxylic acids is 1. The summed E-state index contributed by atoms with van der Waals surface area (Å²) in [6.07, 6.45) is 1.53. The Morgan fingerprint density at radius 2 is 1.93 bits per heavy atom. The predicted octanol–water partition coefficient (Wildman–Crippen LogP) is 4.06. The van der Waals surface area contributed by atoms with Crippen LogP contribution in [0, 0.1) is 0 Å². The van der Waals surface area contributed by atoms with Crippen molar-refractivity contribution in [3.8, 4) is 0 Å². The van der Waals surface area contributed by atoms with Gasteiger partial charge in [0.05, 0.1) is 18.4 Å². The van der Waals surface area contributed by atoms with Crippen molar-refractivity contribution >= 4 is 35.0 Å². The summed E-state index contributed by atoms with van der Waals surface area (Å²) >= 11 is 6.15. The van der Waals surface area contributed by atoms with Gasteiger partial charge in [-0.15, -0.1) is 5.10 Å². The van der Waals surface area contributed by atoms with Crippen molar-refractivity contribution in [1.82, 2.24) is 15.2 Å². The Balaban J connectivity index is 1.63. The van der Waals surface area contributed by atoms with Gasteiger partial charge in [-0.3, -0.25) is 0 Å². The van der Waals surface area contributed by atoms with E-state index in [1.165, 1.54) is 6.20 Å². The molecule has 0 spiro atoms. The fraction of sp³-hybridized carbons (Fsp3) is 0.158. The zero-order valence-electron chi connectivity index (χ0n) is 14.6. The van der Waals surface area contributed by atoms with Crippen molar-refractivity contribution < 1.29 is 9.53 Å². The van der Waals surface area contributed by atoms with Crippen molar-refractivity contribution in [3.05, 3.63) is 70.9 Å². The van der Waals surface area contributed by atoms with Crippen molar-refractivity contribution in [2.24, 2.45) is 0 Å². The summed E-state index contributed by atoms with van der Waals surface area (Å²) in [4.78, 5) is 16.0. The molecule has 2 N–H and O–H groups in total. The summed E-state index contributed by atoms with van der Waals surface area (Å²) in [5, 5.41) is 14.8. The van der Waals surface area contributed by atoms with Crippen LogP contribution in [0.2, 0.25) is 5.02 Å². The van der Waals surface area contributed by atoms with Gasteiger partial charge in [0.15, 0.2) is 5.82 Å². The van der Waals surface area contributed by atoms with Crippen LogP contribution in [0.3, 0.4) is 0 Å². The van der Waals surface area contributed by atoms with Crippen LogP contribution in [0.25, 0.3) is 0 Å². The summed E-state index contributed by atoms with van der Waals surface area (Å²) in [6.45, 7) is 2.63. The molecule has 0 atom stereocenters. The standard InChI is InChI=1S/C19H18ClN5O2/c1-2-27-18(26)13-7-9-15(10-8-13)23-19-24-17(12-22-25-19)21-11-14-5-3-4-6-16(14)20/h3-10,12H,2,11H2,1H3,(H2,21,23,24,25). The largest absolute Gasteiger partial charge is 0.462 e. The minimum absolute atomic E-state index is 0.336. The van der Waals surface area contributed by atoms with E-state index in [1.54, 1.807) is 31.2 Å². The van der Waals surface area contributed by atoms with E-state index in [1.807, 2.05) is 24.3 Å². The number of nitrogens with one attached hydrogen (secondary N) is 2. The van der Waals surface area contributed by atoms with E-state index in [0.717, 1.165) is 11.3 Å². The lowest BCUT2D eigenvalue weighted by Crippen LogP contribution is -2.06. The van der Waals surface area contributed by atoms with Gasteiger partial charge in [0, 0.05) is 17.3 Å². The van der Waals surface area contributed by atoms with E-state index < -0.39 is 0 Å². The normalized spacial score (nSPS) is 10.3. The fourth-order valence-corrected chi connectivity index (χ4v) is 2.50. The minimum atomic E-state index is -0.354. The van der Waals surface area contributed by atoms with Gasteiger partial charge in [-0.05, 0) is 42.8 Å². The third-order valence-electron chi connectivity index (χ3n) is 3.63. The summed E-state index contributed by atoms with van der Waals surface area (Å²) in [6, 6.07) is 14.4. The number of anilines is 3. The molecule has 2 aromatic carbocycles. The lowest BCUT2D eigenvalue weighted by Gasteiger charge is -2.09. The summed E-state index contributed by atoms with van der Waals surface area (Å²) < 4.78 is 4.96. The van der Waals surface area contributed by atoms with Gasteiger partial charge < -0.3 is 15.4 Å². The van der Waals surface area contributed by atoms with E-state index in [2.05, 4.69) is 25.8 Å². The molecule has 8 heteroatoms. The monoisotopic (exact) mass is 383 g/mol. The molecule has 1 heterocycles. The molecule has 0 saturated heterocycles. The number of carbonyl (C=O) groups is 1. The predicted molar refractivity (Wildman–Crippen MR) is 104 cm³/mol. The maximum Gasteiger partial charge on any atom is 0.338 e. The topological polar surface area (TPSA) is 89.0 Å². The van der Waals surface area contributed by atoms with Gasteiger partial charge in [-0.25, -0.2) is 4.79 Å². The molecule has 0 aliphatic heterocycles. The Kier molecular flexibility index (Phi) is 6.17. The van der Waals surface area contributed by atoms with Crippen molar-refractivity contribution in [3.63, 3.8) is 0 Å². The number of halogens is 1. The van der Waals surface area contributed by atoms with Gasteiger partial charge in [-0.1, -0.05) is 29.8 Å². The molecule has 0 radical (unpaired) electrons. The summed E-state index contributed by atoms with van der Waals surface area (Å²) in [5.41, 5.74) is 2.17. The molecule has 3 aromatic rings. The van der Waals surface area contributed by atoms with Gasteiger partial charge in [0.25, 0.3) is 0 Å². The zero-order chi connectivity index (χ0) is 19.1. The maximum absolute atomic E-state index is 11.7. The van der Waals surface area contributed by atoms with Crippen LogP contribution in [0.4, 0.5) is 17.5 Å². The molecule has 7 nitrogen and oxygen atoms in total. The van der Waals surface area contributed by atoms with Gasteiger partial charge in [0.2, 0.25) is 5.95 Å². The molecule has 0 amide bonds. The first kappa shape index (κ1) is 18.6. The number of esters is 1. The van der Waals surface area contributed by atoms with Crippen LogP contribution in [0.5, 0.6) is 0 Å². The molecule has 0 fully saturated rings. The average Bonchev–Trinajstić information content (AvgIpc) is 2.68. The number of benzene rings is 2. The fourth-order valence-electron chi connectivity index (χ4n) is 2.30. The molecule has 0 unspecified atom stereocenters. The molecule has 0 bridgehead atoms. The minimum Gasteiger partial charge on any atom is -0.462 e. The first-order chi connectivity index (χ1) is 13.2. The first-order valence-corrected chi connectivity index (χ1v) is 8.74. The number of ether oxygens (including phenoxy) is 1. The van der Waals surface area contributed by atoms with Crippen molar-refractivity contribution in [1.29, 1.82) is 0 Å². The van der Waals surface area contributed by atoms with E-state index in [0.29, 0.717) is 35.5 Å². The molecular formula is C19H18ClN5O2. The maximum atomic E-state index is 11.7. The Labute approximate surface area is 161 Å². The lowest BCUT2D eigenvalue weighted by molar-refractivity contribution is 0.0526. The summed E-state index contributed by atoms with van der Waals surface area (Å²) in [7, 11) is 0. The molecule has 0 aliphatic carbocycles. The molecular weight excluding hydrogens is 366 g/mol. The van der Waals surface area contributed by atoms with Crippen LogP contribution in [-0.4, -0.2) is 27.8 Å². The van der Waals surface area contributed by atoms with Crippen molar-refractivity contribution in [2.75, 3.05) is 17.2 Å². The number of rotatable bonds is 7. The van der Waals surface area contributed by atoms with Crippen LogP contribution >= 0.6 is 11.6 Å². The Hall–Kier alpha value is -3.19. The van der Waals surface area contributed by atoms with E-state index in [9.17, 15) is 4.79 Å². The van der Waals surface area contributed by atoms with Gasteiger partial charge in [0.1, 0.15) is 0 Å². The van der Waals surface area contributed by atoms with Gasteiger partial charge in [-0.2, -0.15) is 10.1 Å². The smallest absolute Gasteiger partial charge is 0.338 e. The van der Waals surface area contributed by atoms with Crippen LogP contribution in [0.15, 0.2) is 54.7 Å². The molecule has 0 saturated carbocycles. The Morgan fingerprint density at radius 1 is 1.15 bits per heavy atom. The highest BCUT2D eigenvalue weighted by molar-refractivity contribution is 6.31. The highest BCUT2D eigenvalue weighted by Crippen LogP contribution is 2.18. The second kappa shape index (κ2) is 8.95. The molecule has 27 heavy (non-hydrogen) atoms. The molecule has 3 rings (SSSR count). The quantitative estimate of drug-likeness (QED) is 0.594. The number of nitrogens with zero attached hydrogens (tertiary/aromatic N) is 3. The SMILES string of the molecule is CCOC(=O)c1ccc(Nc2nncc(NCc3ccccc3Cl)n2)cc1. The molecule has 0 aliphatic rings. The van der Waals surface area contributed by atoms with Crippen LogP contribution < -0.4 is 10.6 Å². The van der Waals surface area contributed by atoms with Crippen LogP contribution in [0.1, 0.15) is 22.8 Å². The second-order valence-corrected chi connectivity index (χ2v) is 5.94. The van der Waals surface area contributed by atoms with E-state index in [4.69, 9.17) is 16.3 Å². The summed E-state index contributed by atoms with van der Waals surface area (Å²) in [5.74, 6) is 0.548. The second-order valence-electron chi connectivity index (χ2n) is 5.53. The first-order valence-electron chi connectivity index (χ1n) is 8.37. The molecule has 1 aromatic heterocycles. The number of hydrogen-bond acceptors (Lipinski definition) is 7. The lowest BCUT2D eigenvalue weighted by atomic mass is 10.2. The van der Waals surface area contributed by atoms with E-state index in [-0.39, 0.29) is 5.97 Å². The highest BCUT2D eigenvalue weighted by atomic mass is 35.5. The average molecular weight is 384 g/mol. The Morgan fingerprint density at radius 3 is 2.67 bits per heavy atom. The number of aromatic nitrogens is 3. The molecule has 138 valence electrons. The number of hydrogen-bond donors (Lipinski definition) is 2. The third-order valence-corrected chi connectivity index (χ3v) is 4.00. The zero-order valence-corrected chi connectivity index (χ0v) is 15.4. The van der Waals surface area contributed by atoms with Crippen molar-refractivity contribution in [2.45, 2.75) is 13.5 Å². The third kappa shape index (κ3) is 5.15. The van der Waals surface area contributed by atoms with E-state index >= 15 is 0 Å². The Bertz CT molecular complexity index is 918.